The minimum atomic E-state index is -0.535. The van der Waals surface area contributed by atoms with Crippen LogP contribution in [0.3, 0.4) is 0 Å². The number of carbonyl (C=O) groups is 2. The third-order valence-corrected chi connectivity index (χ3v) is 6.38. The fourth-order valence-corrected chi connectivity index (χ4v) is 4.87. The predicted molar refractivity (Wildman–Crippen MR) is 106 cm³/mol. The highest BCUT2D eigenvalue weighted by atomic mass is 16.2. The molecule has 2 fully saturated rings. The standard InChI is InChI=1S/C22H29N3O2/c1-14(26)24-21(12-17-13-23-20-9-5-4-8-19(17)20)22(27)25-18-10-16(11-18)15-6-2-3-7-15/h4-5,8-9,13,15-16,18,21,23H,2-3,6-7,10-12H2,1H3,(H,24,26)(H,25,27). The van der Waals surface area contributed by atoms with Gasteiger partial charge in [0.05, 0.1) is 0 Å². The molecule has 2 saturated carbocycles. The lowest BCUT2D eigenvalue weighted by Crippen LogP contribution is -2.53. The van der Waals surface area contributed by atoms with Crippen LogP contribution >= 0.6 is 0 Å². The van der Waals surface area contributed by atoms with Gasteiger partial charge in [-0.1, -0.05) is 43.9 Å². The number of aromatic nitrogens is 1. The minimum absolute atomic E-state index is 0.0645. The normalized spacial score (nSPS) is 23.7. The van der Waals surface area contributed by atoms with E-state index >= 15 is 0 Å². The van der Waals surface area contributed by atoms with Crippen molar-refractivity contribution in [3.63, 3.8) is 0 Å². The van der Waals surface area contributed by atoms with Crippen LogP contribution < -0.4 is 10.6 Å². The van der Waals surface area contributed by atoms with Crippen molar-refractivity contribution < 1.29 is 9.59 Å². The summed E-state index contributed by atoms with van der Waals surface area (Å²) in [5, 5.41) is 7.11. The molecular weight excluding hydrogens is 338 g/mol. The largest absolute Gasteiger partial charge is 0.361 e. The highest BCUT2D eigenvalue weighted by molar-refractivity contribution is 5.89. The Morgan fingerprint density at radius 3 is 2.63 bits per heavy atom. The lowest BCUT2D eigenvalue weighted by atomic mass is 9.71. The molecule has 144 valence electrons. The van der Waals surface area contributed by atoms with Crippen LogP contribution in [0, 0.1) is 11.8 Å². The number of nitrogens with one attached hydrogen (secondary N) is 3. The highest BCUT2D eigenvalue weighted by Gasteiger charge is 2.37. The summed E-state index contributed by atoms with van der Waals surface area (Å²) in [4.78, 5) is 27.7. The summed E-state index contributed by atoms with van der Waals surface area (Å²) in [5.74, 6) is 1.42. The predicted octanol–water partition coefficient (Wildman–Crippen LogP) is 3.30. The van der Waals surface area contributed by atoms with Gasteiger partial charge in [0, 0.05) is 36.5 Å². The summed E-state index contributed by atoms with van der Waals surface area (Å²) < 4.78 is 0. The maximum atomic E-state index is 12.8. The summed E-state index contributed by atoms with van der Waals surface area (Å²) in [7, 11) is 0. The van der Waals surface area contributed by atoms with Gasteiger partial charge in [-0.05, 0) is 36.3 Å². The molecule has 2 amide bonds. The smallest absolute Gasteiger partial charge is 0.243 e. The number of hydrogen-bond donors (Lipinski definition) is 3. The number of aromatic amines is 1. The Morgan fingerprint density at radius 1 is 1.15 bits per heavy atom. The Labute approximate surface area is 160 Å². The minimum Gasteiger partial charge on any atom is -0.361 e. The van der Waals surface area contributed by atoms with Crippen molar-refractivity contribution in [2.45, 2.75) is 64.0 Å². The van der Waals surface area contributed by atoms with Crippen molar-refractivity contribution in [1.82, 2.24) is 15.6 Å². The molecule has 27 heavy (non-hydrogen) atoms. The third-order valence-electron chi connectivity index (χ3n) is 6.38. The van der Waals surface area contributed by atoms with E-state index in [-0.39, 0.29) is 17.9 Å². The summed E-state index contributed by atoms with van der Waals surface area (Å²) in [6.07, 6.45) is 10.1. The van der Waals surface area contributed by atoms with E-state index in [4.69, 9.17) is 0 Å². The molecular formula is C22H29N3O2. The van der Waals surface area contributed by atoms with Gasteiger partial charge in [0.15, 0.2) is 0 Å². The molecule has 4 rings (SSSR count). The van der Waals surface area contributed by atoms with Gasteiger partial charge in [0.1, 0.15) is 6.04 Å². The van der Waals surface area contributed by atoms with Crippen molar-refractivity contribution in [3.05, 3.63) is 36.0 Å². The molecule has 2 aliphatic rings. The number of fused-ring (bicyclic) bond motifs is 1. The van der Waals surface area contributed by atoms with Crippen LogP contribution in [0.5, 0.6) is 0 Å². The molecule has 2 aliphatic carbocycles. The van der Waals surface area contributed by atoms with Crippen LogP contribution in [0.2, 0.25) is 0 Å². The topological polar surface area (TPSA) is 74.0 Å². The van der Waals surface area contributed by atoms with Crippen LogP contribution in [-0.4, -0.2) is 28.9 Å². The molecule has 0 bridgehead atoms. The van der Waals surface area contributed by atoms with Crippen LogP contribution in [-0.2, 0) is 16.0 Å². The Hall–Kier alpha value is -2.30. The first-order valence-electron chi connectivity index (χ1n) is 10.2. The van der Waals surface area contributed by atoms with Crippen molar-refractivity contribution >= 4 is 22.7 Å². The second-order valence-corrected chi connectivity index (χ2v) is 8.30. The van der Waals surface area contributed by atoms with Crippen LogP contribution in [0.1, 0.15) is 51.0 Å². The van der Waals surface area contributed by atoms with E-state index in [0.717, 1.165) is 41.1 Å². The molecule has 3 N–H and O–H groups in total. The Balaban J connectivity index is 1.38. The van der Waals surface area contributed by atoms with Gasteiger partial charge in [0.25, 0.3) is 0 Å². The molecule has 1 aromatic heterocycles. The van der Waals surface area contributed by atoms with Crippen molar-refractivity contribution in [3.8, 4) is 0 Å². The number of benzene rings is 1. The quantitative estimate of drug-likeness (QED) is 0.733. The number of hydrogen-bond acceptors (Lipinski definition) is 2. The number of H-pyrrole nitrogens is 1. The maximum Gasteiger partial charge on any atom is 0.243 e. The van der Waals surface area contributed by atoms with Crippen molar-refractivity contribution in [1.29, 1.82) is 0 Å². The van der Waals surface area contributed by atoms with E-state index in [1.807, 2.05) is 30.5 Å². The van der Waals surface area contributed by atoms with Gasteiger partial charge in [-0.15, -0.1) is 0 Å². The fourth-order valence-electron chi connectivity index (χ4n) is 4.87. The van der Waals surface area contributed by atoms with Crippen LogP contribution in [0.15, 0.2) is 30.5 Å². The van der Waals surface area contributed by atoms with E-state index in [1.54, 1.807) is 0 Å². The molecule has 0 radical (unpaired) electrons. The van der Waals surface area contributed by atoms with Crippen LogP contribution in [0.25, 0.3) is 10.9 Å². The molecule has 5 nitrogen and oxygen atoms in total. The molecule has 0 saturated heterocycles. The summed E-state index contributed by atoms with van der Waals surface area (Å²) in [6.45, 7) is 1.47. The second kappa shape index (κ2) is 7.75. The monoisotopic (exact) mass is 367 g/mol. The molecule has 1 heterocycles. The number of carbonyl (C=O) groups excluding carboxylic acids is 2. The molecule has 0 spiro atoms. The van der Waals surface area contributed by atoms with Crippen LogP contribution in [0.4, 0.5) is 0 Å². The molecule has 5 heteroatoms. The summed E-state index contributed by atoms with van der Waals surface area (Å²) >= 11 is 0. The van der Waals surface area contributed by atoms with Gasteiger partial charge in [-0.25, -0.2) is 0 Å². The number of rotatable bonds is 6. The second-order valence-electron chi connectivity index (χ2n) is 8.30. The zero-order chi connectivity index (χ0) is 18.8. The van der Waals surface area contributed by atoms with Gasteiger partial charge < -0.3 is 15.6 Å². The summed E-state index contributed by atoms with van der Waals surface area (Å²) in [6, 6.07) is 7.77. The Bertz CT molecular complexity index is 816. The van der Waals surface area contributed by atoms with E-state index in [0.29, 0.717) is 6.42 Å². The van der Waals surface area contributed by atoms with Gasteiger partial charge in [0.2, 0.25) is 11.8 Å². The average molecular weight is 367 g/mol. The third kappa shape index (κ3) is 4.02. The van der Waals surface area contributed by atoms with Gasteiger partial charge in [-0.3, -0.25) is 9.59 Å². The van der Waals surface area contributed by atoms with Crippen molar-refractivity contribution in [2.24, 2.45) is 11.8 Å². The number of para-hydroxylation sites is 1. The Morgan fingerprint density at radius 2 is 1.89 bits per heavy atom. The molecule has 1 aromatic carbocycles. The first kappa shape index (κ1) is 18.1. The molecule has 1 atom stereocenters. The van der Waals surface area contributed by atoms with Crippen molar-refractivity contribution in [2.75, 3.05) is 0 Å². The fraction of sp³-hybridized carbons (Fsp3) is 0.545. The van der Waals surface area contributed by atoms with E-state index in [1.165, 1.54) is 32.6 Å². The SMILES string of the molecule is CC(=O)NC(Cc1c[nH]c2ccccc12)C(=O)NC1CC(C2CCCC2)C1. The molecule has 0 aliphatic heterocycles. The van der Waals surface area contributed by atoms with E-state index in [2.05, 4.69) is 15.6 Å². The zero-order valence-electron chi connectivity index (χ0n) is 16.0. The average Bonchev–Trinajstić information content (AvgIpc) is 3.27. The van der Waals surface area contributed by atoms with E-state index in [9.17, 15) is 9.59 Å². The Kier molecular flexibility index (Phi) is 5.19. The highest BCUT2D eigenvalue weighted by Crippen LogP contribution is 2.42. The number of amides is 2. The first-order valence-corrected chi connectivity index (χ1v) is 10.2. The van der Waals surface area contributed by atoms with E-state index < -0.39 is 6.04 Å². The zero-order valence-corrected chi connectivity index (χ0v) is 16.0. The first-order chi connectivity index (χ1) is 13.1. The lowest BCUT2D eigenvalue weighted by molar-refractivity contribution is -0.129. The summed E-state index contributed by atoms with van der Waals surface area (Å²) in [5.41, 5.74) is 2.10. The van der Waals surface area contributed by atoms with Gasteiger partial charge >= 0.3 is 0 Å². The van der Waals surface area contributed by atoms with Gasteiger partial charge in [-0.2, -0.15) is 0 Å². The lowest BCUT2D eigenvalue weighted by Gasteiger charge is -2.40. The molecule has 1 unspecified atom stereocenters. The maximum absolute atomic E-state index is 12.8. The molecule has 2 aromatic rings.